The van der Waals surface area contributed by atoms with Crippen molar-refractivity contribution in [3.8, 4) is 0 Å². The minimum Gasteiger partial charge on any atom is -0.455 e. The Morgan fingerprint density at radius 3 is 2.50 bits per heavy atom. The third-order valence-electron chi connectivity index (χ3n) is 9.94. The molecule has 6 rings (SSSR count). The van der Waals surface area contributed by atoms with E-state index in [2.05, 4.69) is 0 Å². The molecule has 0 unspecified atom stereocenters. The summed E-state index contributed by atoms with van der Waals surface area (Å²) in [6.45, 7) is 5.44. The van der Waals surface area contributed by atoms with Gasteiger partial charge in [0.2, 0.25) is 11.8 Å². The smallest absolute Gasteiger partial charge is 0.313 e. The summed E-state index contributed by atoms with van der Waals surface area (Å²) >= 11 is 0. The number of carbonyl (C=O) groups excluding carboxylic acids is 4. The van der Waals surface area contributed by atoms with Crippen molar-refractivity contribution in [1.29, 1.82) is 0 Å². The van der Waals surface area contributed by atoms with Crippen LogP contribution < -0.4 is 4.90 Å². The molecule has 1 N–H and O–H groups in total. The fourth-order valence-electron chi connectivity index (χ4n) is 7.43. The van der Waals surface area contributed by atoms with Gasteiger partial charge in [0.1, 0.15) is 23.7 Å². The number of hydrogen-bond donors (Lipinski definition) is 1. The number of allylic oxidation sites excluding steroid dienone is 1. The first-order valence-corrected chi connectivity index (χ1v) is 15.9. The lowest BCUT2D eigenvalue weighted by molar-refractivity contribution is -0.164. The third kappa shape index (κ3) is 5.23. The Bertz CT molecular complexity index is 1590. The predicted molar refractivity (Wildman–Crippen MR) is 170 cm³/mol. The van der Waals surface area contributed by atoms with Crippen molar-refractivity contribution in [1.82, 2.24) is 9.80 Å². The molecule has 4 aliphatic rings. The number of esters is 1. The molecule has 4 aliphatic heterocycles. The number of ether oxygens (including phenoxy) is 2. The number of carbonyl (C=O) groups is 4. The van der Waals surface area contributed by atoms with Gasteiger partial charge in [0, 0.05) is 32.2 Å². The number of β-amino-alcohol motifs (C(OH)–C–C–N with tert-alkyl or cyclic N) is 1. The lowest BCUT2D eigenvalue weighted by Crippen LogP contribution is -2.56. The number of aliphatic hydroxyl groups is 1. The van der Waals surface area contributed by atoms with Gasteiger partial charge in [0.05, 0.1) is 24.7 Å². The van der Waals surface area contributed by atoms with E-state index < -0.39 is 53.6 Å². The van der Waals surface area contributed by atoms with Crippen LogP contribution in [-0.4, -0.2) is 89.1 Å². The molecular weight excluding hydrogens is 586 g/mol. The van der Waals surface area contributed by atoms with Crippen LogP contribution in [0.1, 0.15) is 42.6 Å². The molecule has 4 heterocycles. The number of aliphatic hydroxyl groups excluding tert-OH is 1. The summed E-state index contributed by atoms with van der Waals surface area (Å²) in [6.07, 6.45) is 6.34. The van der Waals surface area contributed by atoms with Gasteiger partial charge in [-0.05, 0) is 49.9 Å². The van der Waals surface area contributed by atoms with Gasteiger partial charge in [-0.25, -0.2) is 0 Å². The molecule has 2 fully saturated rings. The molecule has 242 valence electrons. The van der Waals surface area contributed by atoms with Crippen molar-refractivity contribution in [3.05, 3.63) is 89.5 Å². The number of likely N-dealkylation sites (tertiary alicyclic amines) is 1. The number of hydrogen-bond acceptors (Lipinski definition) is 7. The number of benzene rings is 2. The van der Waals surface area contributed by atoms with Crippen LogP contribution in [0.5, 0.6) is 0 Å². The Balaban J connectivity index is 1.47. The summed E-state index contributed by atoms with van der Waals surface area (Å²) in [7, 11) is 1.70. The zero-order chi connectivity index (χ0) is 32.7. The molecule has 2 aromatic rings. The first-order chi connectivity index (χ1) is 22.1. The van der Waals surface area contributed by atoms with E-state index in [9.17, 15) is 24.3 Å². The fraction of sp³-hybridized carbons (Fsp3) is 0.444. The Labute approximate surface area is 269 Å². The molecule has 0 aliphatic carbocycles. The topological polar surface area (TPSA) is 117 Å². The summed E-state index contributed by atoms with van der Waals surface area (Å²) in [5.41, 5.74) is 1.82. The highest BCUT2D eigenvalue weighted by Gasteiger charge is 2.73. The number of likely N-dealkylation sites (N-methyl/N-ethyl adjacent to an activating group) is 1. The summed E-state index contributed by atoms with van der Waals surface area (Å²) in [4.78, 5) is 61.2. The second-order valence-corrected chi connectivity index (χ2v) is 12.7. The van der Waals surface area contributed by atoms with Crippen LogP contribution in [0.15, 0.2) is 72.8 Å². The highest BCUT2D eigenvalue weighted by molar-refractivity contribution is 6.05. The van der Waals surface area contributed by atoms with Crippen molar-refractivity contribution in [2.75, 3.05) is 31.6 Å². The van der Waals surface area contributed by atoms with Gasteiger partial charge in [-0.3, -0.25) is 19.2 Å². The largest absolute Gasteiger partial charge is 0.455 e. The second-order valence-electron chi connectivity index (χ2n) is 12.7. The summed E-state index contributed by atoms with van der Waals surface area (Å²) < 4.78 is 12.7. The molecule has 46 heavy (non-hydrogen) atoms. The van der Waals surface area contributed by atoms with Crippen LogP contribution in [0.25, 0.3) is 0 Å². The number of aryl methyl sites for hydroxylation is 2. The Hall–Kier alpha value is -4.28. The lowest BCUT2D eigenvalue weighted by Gasteiger charge is -2.36. The van der Waals surface area contributed by atoms with E-state index in [0.29, 0.717) is 17.7 Å². The van der Waals surface area contributed by atoms with Crippen LogP contribution in [0, 0.1) is 25.7 Å². The first-order valence-electron chi connectivity index (χ1n) is 15.9. The monoisotopic (exact) mass is 627 g/mol. The zero-order valence-corrected chi connectivity index (χ0v) is 26.7. The second kappa shape index (κ2) is 12.5. The maximum absolute atomic E-state index is 14.8. The first kappa shape index (κ1) is 31.7. The lowest BCUT2D eigenvalue weighted by atomic mass is 9.74. The molecule has 2 saturated heterocycles. The predicted octanol–water partition coefficient (Wildman–Crippen LogP) is 3.26. The van der Waals surface area contributed by atoms with Crippen molar-refractivity contribution >= 4 is 29.4 Å². The molecule has 7 atom stereocenters. The van der Waals surface area contributed by atoms with E-state index in [1.807, 2.05) is 81.5 Å². The molecule has 10 heteroatoms. The third-order valence-corrected chi connectivity index (χ3v) is 9.94. The Kier molecular flexibility index (Phi) is 8.60. The summed E-state index contributed by atoms with van der Waals surface area (Å²) in [5, 5.41) is 10.0. The zero-order valence-electron chi connectivity index (χ0n) is 26.7. The van der Waals surface area contributed by atoms with Gasteiger partial charge < -0.3 is 29.3 Å². The van der Waals surface area contributed by atoms with Crippen LogP contribution in [0.4, 0.5) is 5.69 Å². The van der Waals surface area contributed by atoms with Crippen molar-refractivity contribution in [3.63, 3.8) is 0 Å². The normalized spacial score (nSPS) is 32.2. The number of amides is 3. The van der Waals surface area contributed by atoms with Crippen LogP contribution in [-0.2, 0) is 28.7 Å². The molecule has 5 bridgehead atoms. The molecule has 0 saturated carbocycles. The van der Waals surface area contributed by atoms with Crippen LogP contribution >= 0.6 is 0 Å². The van der Waals surface area contributed by atoms with Gasteiger partial charge in [-0.2, -0.15) is 0 Å². The average molecular weight is 628 g/mol. The van der Waals surface area contributed by atoms with E-state index in [4.69, 9.17) is 9.47 Å². The fourth-order valence-corrected chi connectivity index (χ4v) is 7.43. The molecular formula is C36H41N3O7. The number of nitrogens with zero attached hydrogens (tertiary/aromatic N) is 3. The van der Waals surface area contributed by atoms with Gasteiger partial charge >= 0.3 is 5.97 Å². The van der Waals surface area contributed by atoms with E-state index in [-0.39, 0.29) is 37.9 Å². The summed E-state index contributed by atoms with van der Waals surface area (Å²) in [5.74, 6) is -3.59. The van der Waals surface area contributed by atoms with E-state index in [1.54, 1.807) is 29.0 Å². The van der Waals surface area contributed by atoms with Crippen LogP contribution in [0.2, 0.25) is 0 Å². The van der Waals surface area contributed by atoms with Gasteiger partial charge in [-0.1, -0.05) is 66.8 Å². The van der Waals surface area contributed by atoms with E-state index in [1.165, 1.54) is 4.90 Å². The molecule has 3 amide bonds. The van der Waals surface area contributed by atoms with Gasteiger partial charge in [-0.15, -0.1) is 0 Å². The Morgan fingerprint density at radius 1 is 1.00 bits per heavy atom. The maximum atomic E-state index is 14.8. The summed E-state index contributed by atoms with van der Waals surface area (Å²) in [6, 6.07) is 13.4. The highest BCUT2D eigenvalue weighted by Crippen LogP contribution is 2.56. The highest BCUT2D eigenvalue weighted by atomic mass is 16.6. The standard InChI is InChI=1S/C36H41N3O7/c1-22-14-15-23(2)26(21-22)38-18-10-6-9-13-28(41)37(4)24(3)31(25-11-7-5-8-12-25)45-35(44)29-27-16-17-36(46-27)30(29)33(42)39(19-20-40)32(36)34(38)43/h5-8,10-12,14-17,21,24,27,29-32,40H,9,13,18-20H2,1-4H3/b10-6-/t24-,27+,29-,30-,31+,32+,36-/m1/s1. The van der Waals surface area contributed by atoms with Crippen molar-refractivity contribution in [2.45, 2.75) is 63.5 Å². The average Bonchev–Trinajstić information content (AvgIpc) is 3.69. The number of rotatable bonds is 4. The van der Waals surface area contributed by atoms with Crippen molar-refractivity contribution < 1.29 is 33.8 Å². The van der Waals surface area contributed by atoms with E-state index >= 15 is 0 Å². The quantitative estimate of drug-likeness (QED) is 0.409. The molecule has 0 aromatic heterocycles. The maximum Gasteiger partial charge on any atom is 0.313 e. The van der Waals surface area contributed by atoms with Gasteiger partial charge in [0.25, 0.3) is 5.91 Å². The SMILES string of the molecule is Cc1ccc(C)c(N2C/C=C\CCC(=O)N(C)[C@H](C)[C@@H](c3ccccc3)OC(=O)[C@@H]3[C@@H]4C=C[C@]5(O4)[C@H](C2=O)N(CCO)C(=O)[C@@H]35)c1. The van der Waals surface area contributed by atoms with E-state index in [0.717, 1.165) is 11.1 Å². The Morgan fingerprint density at radius 2 is 1.76 bits per heavy atom. The number of anilines is 1. The van der Waals surface area contributed by atoms with Crippen LogP contribution in [0.3, 0.4) is 0 Å². The minimum absolute atomic E-state index is 0.0931. The molecule has 0 radical (unpaired) electrons. The molecule has 1 spiro atoms. The molecule has 10 nitrogen and oxygen atoms in total. The number of cyclic esters (lactones) is 1. The number of fused-ring (bicyclic) bond motifs is 2. The van der Waals surface area contributed by atoms with Gasteiger partial charge in [0.15, 0.2) is 0 Å². The minimum atomic E-state index is -1.41. The molecule has 2 aromatic carbocycles. The van der Waals surface area contributed by atoms with Crippen molar-refractivity contribution in [2.24, 2.45) is 11.8 Å².